The zero-order valence-corrected chi connectivity index (χ0v) is 14.1. The predicted molar refractivity (Wildman–Crippen MR) is 89.3 cm³/mol. The lowest BCUT2D eigenvalue weighted by molar-refractivity contribution is 0.0601. The summed E-state index contributed by atoms with van der Waals surface area (Å²) in [6.45, 7) is 8.00. The van der Waals surface area contributed by atoms with Crippen LogP contribution in [0.15, 0.2) is 36.4 Å². The Balaban J connectivity index is 0.00000102. The first kappa shape index (κ1) is 19.6. The van der Waals surface area contributed by atoms with Crippen LogP contribution in [0.5, 0.6) is 0 Å². The highest BCUT2D eigenvalue weighted by molar-refractivity contribution is 6.13. The smallest absolute Gasteiger partial charge is 0.338 e. The lowest BCUT2D eigenvalue weighted by Crippen LogP contribution is -2.07. The highest BCUT2D eigenvalue weighted by atomic mass is 16.5. The molecule has 0 saturated carbocycles. The Kier molecular flexibility index (Phi) is 9.27. The summed E-state index contributed by atoms with van der Waals surface area (Å²) in [4.78, 5) is 23.4. The SMILES string of the molecule is CC.CC.COC(=O)c1cccc2cccc(C(=O)OC)c12. The molecule has 2 aromatic rings. The molecule has 120 valence electrons. The van der Waals surface area contributed by atoms with Crippen molar-refractivity contribution in [2.45, 2.75) is 27.7 Å². The maximum Gasteiger partial charge on any atom is 0.338 e. The molecule has 0 bridgehead atoms. The Morgan fingerprint density at radius 3 is 1.41 bits per heavy atom. The van der Waals surface area contributed by atoms with Crippen molar-refractivity contribution >= 4 is 22.7 Å². The van der Waals surface area contributed by atoms with Gasteiger partial charge in [-0.1, -0.05) is 52.0 Å². The second kappa shape index (κ2) is 10.4. The molecule has 0 atom stereocenters. The van der Waals surface area contributed by atoms with E-state index >= 15 is 0 Å². The maximum absolute atomic E-state index is 11.7. The van der Waals surface area contributed by atoms with Crippen LogP contribution >= 0.6 is 0 Å². The quantitative estimate of drug-likeness (QED) is 0.768. The van der Waals surface area contributed by atoms with Crippen LogP contribution in [0.1, 0.15) is 48.4 Å². The fraction of sp³-hybridized carbons (Fsp3) is 0.333. The minimum atomic E-state index is -0.475. The fourth-order valence-corrected chi connectivity index (χ4v) is 1.90. The highest BCUT2D eigenvalue weighted by Gasteiger charge is 2.17. The number of fused-ring (bicyclic) bond motifs is 1. The van der Waals surface area contributed by atoms with Crippen molar-refractivity contribution in [2.24, 2.45) is 0 Å². The van der Waals surface area contributed by atoms with E-state index in [1.54, 1.807) is 24.3 Å². The number of benzene rings is 2. The van der Waals surface area contributed by atoms with Gasteiger partial charge >= 0.3 is 11.9 Å². The molecule has 22 heavy (non-hydrogen) atoms. The Bertz CT molecular complexity index is 567. The molecule has 2 aromatic carbocycles. The van der Waals surface area contributed by atoms with Crippen LogP contribution < -0.4 is 0 Å². The Morgan fingerprint density at radius 2 is 1.09 bits per heavy atom. The van der Waals surface area contributed by atoms with Crippen LogP contribution in [-0.2, 0) is 9.47 Å². The van der Waals surface area contributed by atoms with E-state index in [0.717, 1.165) is 5.39 Å². The summed E-state index contributed by atoms with van der Waals surface area (Å²) >= 11 is 0. The molecule has 4 nitrogen and oxygen atoms in total. The number of methoxy groups -OCH3 is 2. The molecule has 0 unspecified atom stereocenters. The van der Waals surface area contributed by atoms with E-state index in [0.29, 0.717) is 16.5 Å². The summed E-state index contributed by atoms with van der Waals surface area (Å²) in [6.07, 6.45) is 0. The molecule has 0 aliphatic carbocycles. The minimum absolute atomic E-state index is 0.357. The van der Waals surface area contributed by atoms with E-state index in [9.17, 15) is 9.59 Å². The number of hydrogen-bond donors (Lipinski definition) is 0. The molecule has 4 heteroatoms. The first-order chi connectivity index (χ1) is 10.7. The molecular weight excluding hydrogens is 280 g/mol. The number of esters is 2. The highest BCUT2D eigenvalue weighted by Crippen LogP contribution is 2.24. The van der Waals surface area contributed by atoms with Gasteiger partial charge in [0.15, 0.2) is 0 Å². The van der Waals surface area contributed by atoms with Gasteiger partial charge in [0.2, 0.25) is 0 Å². The zero-order chi connectivity index (χ0) is 17.1. The molecule has 0 fully saturated rings. The summed E-state index contributed by atoms with van der Waals surface area (Å²) in [5, 5.41) is 1.35. The molecule has 0 aromatic heterocycles. The minimum Gasteiger partial charge on any atom is -0.465 e. The normalized spacial score (nSPS) is 8.82. The average molecular weight is 304 g/mol. The van der Waals surface area contributed by atoms with Crippen molar-refractivity contribution < 1.29 is 19.1 Å². The van der Waals surface area contributed by atoms with E-state index in [1.807, 2.05) is 39.8 Å². The van der Waals surface area contributed by atoms with Gasteiger partial charge in [-0.3, -0.25) is 0 Å². The van der Waals surface area contributed by atoms with Crippen LogP contribution in [0, 0.1) is 0 Å². The monoisotopic (exact) mass is 304 g/mol. The third-order valence-electron chi connectivity index (χ3n) is 2.72. The molecule has 0 spiro atoms. The predicted octanol–water partition coefficient (Wildman–Crippen LogP) is 4.47. The topological polar surface area (TPSA) is 52.6 Å². The number of hydrogen-bond acceptors (Lipinski definition) is 4. The van der Waals surface area contributed by atoms with Crippen LogP contribution in [0.3, 0.4) is 0 Å². The maximum atomic E-state index is 11.7. The number of ether oxygens (including phenoxy) is 2. The van der Waals surface area contributed by atoms with E-state index in [4.69, 9.17) is 9.47 Å². The second-order valence-corrected chi connectivity index (χ2v) is 3.69. The lowest BCUT2D eigenvalue weighted by Gasteiger charge is -2.08. The van der Waals surface area contributed by atoms with Crippen LogP contribution in [0.4, 0.5) is 0 Å². The largest absolute Gasteiger partial charge is 0.465 e. The van der Waals surface area contributed by atoms with Gasteiger partial charge in [0.25, 0.3) is 0 Å². The van der Waals surface area contributed by atoms with Crippen molar-refractivity contribution in [2.75, 3.05) is 14.2 Å². The van der Waals surface area contributed by atoms with E-state index in [1.165, 1.54) is 14.2 Å². The van der Waals surface area contributed by atoms with E-state index in [-0.39, 0.29) is 0 Å². The molecule has 0 heterocycles. The van der Waals surface area contributed by atoms with Gasteiger partial charge in [0.05, 0.1) is 25.3 Å². The van der Waals surface area contributed by atoms with Gasteiger partial charge in [-0.2, -0.15) is 0 Å². The van der Waals surface area contributed by atoms with Gasteiger partial charge in [-0.15, -0.1) is 0 Å². The van der Waals surface area contributed by atoms with Crippen LogP contribution in [0.2, 0.25) is 0 Å². The van der Waals surface area contributed by atoms with Crippen molar-refractivity contribution in [1.82, 2.24) is 0 Å². The van der Waals surface area contributed by atoms with Gasteiger partial charge in [-0.25, -0.2) is 9.59 Å². The van der Waals surface area contributed by atoms with Crippen LogP contribution in [0.25, 0.3) is 10.8 Å². The van der Waals surface area contributed by atoms with E-state index in [2.05, 4.69) is 0 Å². The van der Waals surface area contributed by atoms with Crippen LogP contribution in [-0.4, -0.2) is 26.2 Å². The molecule has 0 aliphatic heterocycles. The first-order valence-corrected chi connectivity index (χ1v) is 7.37. The average Bonchev–Trinajstić information content (AvgIpc) is 2.62. The fourth-order valence-electron chi connectivity index (χ4n) is 1.90. The van der Waals surface area contributed by atoms with Crippen molar-refractivity contribution in [1.29, 1.82) is 0 Å². The molecule has 0 aliphatic rings. The lowest BCUT2D eigenvalue weighted by atomic mass is 9.99. The summed E-state index contributed by atoms with van der Waals surface area (Å²) in [6, 6.07) is 10.4. The summed E-state index contributed by atoms with van der Waals surface area (Å²) in [5.41, 5.74) is 0.715. The van der Waals surface area contributed by atoms with Crippen molar-refractivity contribution in [3.63, 3.8) is 0 Å². The standard InChI is InChI=1S/C14H12O4.2C2H6/c1-17-13(15)10-7-3-5-9-6-4-8-11(12(9)10)14(16)18-2;2*1-2/h3-8H,1-2H3;2*1-2H3. The number of carbonyl (C=O) groups excluding carboxylic acids is 2. The zero-order valence-electron chi connectivity index (χ0n) is 14.1. The molecule has 0 N–H and O–H groups in total. The van der Waals surface area contributed by atoms with Gasteiger partial charge in [0.1, 0.15) is 0 Å². The van der Waals surface area contributed by atoms with E-state index < -0.39 is 11.9 Å². The molecule has 0 saturated heterocycles. The summed E-state index contributed by atoms with van der Waals surface area (Å²) in [5.74, 6) is -0.950. The first-order valence-electron chi connectivity index (χ1n) is 7.37. The number of rotatable bonds is 2. The number of carbonyl (C=O) groups is 2. The third kappa shape index (κ3) is 4.32. The van der Waals surface area contributed by atoms with Gasteiger partial charge in [0, 0.05) is 5.39 Å². The Morgan fingerprint density at radius 1 is 0.727 bits per heavy atom. The van der Waals surface area contributed by atoms with Gasteiger partial charge in [-0.05, 0) is 17.5 Å². The summed E-state index contributed by atoms with van der Waals surface area (Å²) in [7, 11) is 2.61. The summed E-state index contributed by atoms with van der Waals surface area (Å²) < 4.78 is 9.44. The van der Waals surface area contributed by atoms with Crippen molar-refractivity contribution in [3.8, 4) is 0 Å². The van der Waals surface area contributed by atoms with Gasteiger partial charge < -0.3 is 9.47 Å². The molecular formula is C18H24O4. The third-order valence-corrected chi connectivity index (χ3v) is 2.72. The molecule has 0 amide bonds. The Labute approximate surface area is 132 Å². The molecule has 2 rings (SSSR count). The molecule has 0 radical (unpaired) electrons. The second-order valence-electron chi connectivity index (χ2n) is 3.69. The Hall–Kier alpha value is -2.36. The van der Waals surface area contributed by atoms with Crippen molar-refractivity contribution in [3.05, 3.63) is 47.5 Å².